The van der Waals surface area contributed by atoms with Gasteiger partial charge >= 0.3 is 11.7 Å². The number of ether oxygens (including phenoxy) is 1. The molecule has 1 heterocycles. The lowest BCUT2D eigenvalue weighted by Gasteiger charge is -2.13. The van der Waals surface area contributed by atoms with Crippen LogP contribution in [0.25, 0.3) is 11.0 Å². The summed E-state index contributed by atoms with van der Waals surface area (Å²) >= 11 is 1.31. The fourth-order valence-electron chi connectivity index (χ4n) is 3.09. The number of carbonyl (C=O) groups is 2. The molecule has 0 aliphatic carbocycles. The van der Waals surface area contributed by atoms with Crippen LogP contribution in [0.3, 0.4) is 0 Å². The number of benzene rings is 2. The van der Waals surface area contributed by atoms with Crippen molar-refractivity contribution in [3.05, 3.63) is 69.6 Å². The molecule has 2 aromatic carbocycles. The number of rotatable bonds is 7. The Hall–Kier alpha value is -3.46. The summed E-state index contributed by atoms with van der Waals surface area (Å²) < 4.78 is 14.0. The van der Waals surface area contributed by atoms with Crippen LogP contribution in [0.4, 0.5) is 10.5 Å². The summed E-state index contributed by atoms with van der Waals surface area (Å²) in [5, 5.41) is 0.779. The predicted molar refractivity (Wildman–Crippen MR) is 131 cm³/mol. The van der Waals surface area contributed by atoms with E-state index < -0.39 is 11.7 Å². The van der Waals surface area contributed by atoms with E-state index in [2.05, 4.69) is 4.72 Å². The average Bonchev–Trinajstić information content (AvgIpc) is 2.76. The highest BCUT2D eigenvalue weighted by molar-refractivity contribution is 8.01. The molecule has 0 atom stereocenters. The maximum Gasteiger partial charge on any atom is 0.414 e. The van der Waals surface area contributed by atoms with Gasteiger partial charge < -0.3 is 23.7 Å². The number of hydrogen-bond donors (Lipinski definition) is 1. The third-order valence-corrected chi connectivity index (χ3v) is 5.79. The molecule has 0 fully saturated rings. The first-order valence-electron chi connectivity index (χ1n) is 10.3. The number of nitrogens with zero attached hydrogens (tertiary/aromatic N) is 2. The Labute approximate surface area is 196 Å². The van der Waals surface area contributed by atoms with Gasteiger partial charge in [0.1, 0.15) is 11.3 Å². The number of nitrogens with one attached hydrogen (secondary N) is 1. The van der Waals surface area contributed by atoms with Crippen LogP contribution in [0.1, 0.15) is 16.7 Å². The first-order valence-corrected chi connectivity index (χ1v) is 11.3. The third kappa shape index (κ3) is 6.07. The van der Waals surface area contributed by atoms with Gasteiger partial charge in [-0.2, -0.15) is 0 Å². The van der Waals surface area contributed by atoms with Crippen molar-refractivity contribution in [2.45, 2.75) is 13.3 Å². The van der Waals surface area contributed by atoms with Crippen LogP contribution in [0, 0.1) is 6.92 Å². The first-order chi connectivity index (χ1) is 15.7. The fraction of sp³-hybridized carbons (Fsp3) is 0.292. The Bertz CT molecular complexity index is 1240. The molecule has 0 bridgehead atoms. The van der Waals surface area contributed by atoms with Crippen LogP contribution in [0.5, 0.6) is 5.75 Å². The lowest BCUT2D eigenvalue weighted by molar-refractivity contribution is -0.125. The molecule has 9 heteroatoms. The summed E-state index contributed by atoms with van der Waals surface area (Å²) in [6.07, 6.45) is -0.110. The van der Waals surface area contributed by atoms with E-state index in [1.54, 1.807) is 51.3 Å². The highest BCUT2D eigenvalue weighted by Gasteiger charge is 2.14. The van der Waals surface area contributed by atoms with Crippen molar-refractivity contribution in [1.29, 1.82) is 0 Å². The van der Waals surface area contributed by atoms with Crippen LogP contribution < -0.4 is 15.1 Å². The normalized spacial score (nSPS) is 10.7. The minimum absolute atomic E-state index is 0.0210. The van der Waals surface area contributed by atoms with Gasteiger partial charge in [-0.15, -0.1) is 0 Å². The zero-order valence-electron chi connectivity index (χ0n) is 19.3. The number of carbonyl (C=O) groups excluding carboxylic acids is 2. The van der Waals surface area contributed by atoms with E-state index in [0.717, 1.165) is 22.2 Å². The number of anilines is 1. The monoisotopic (exact) mass is 469 g/mol. The third-order valence-electron chi connectivity index (χ3n) is 5.02. The van der Waals surface area contributed by atoms with Crippen LogP contribution in [0.2, 0.25) is 0 Å². The Morgan fingerprint density at radius 2 is 1.82 bits per heavy atom. The molecule has 0 aliphatic rings. The van der Waals surface area contributed by atoms with E-state index in [1.165, 1.54) is 16.8 Å². The molecule has 0 radical (unpaired) electrons. The largest absolute Gasteiger partial charge is 0.422 e. The number of fused-ring (bicyclic) bond motifs is 1. The van der Waals surface area contributed by atoms with Gasteiger partial charge in [0.2, 0.25) is 5.91 Å². The summed E-state index contributed by atoms with van der Waals surface area (Å²) in [4.78, 5) is 39.1. The van der Waals surface area contributed by atoms with E-state index in [1.807, 2.05) is 31.2 Å². The highest BCUT2D eigenvalue weighted by Crippen LogP contribution is 2.26. The minimum Gasteiger partial charge on any atom is -0.422 e. The molecule has 3 aromatic rings. The average molecular weight is 470 g/mol. The molecule has 0 saturated carbocycles. The lowest BCUT2D eigenvalue weighted by Crippen LogP contribution is -2.25. The zero-order chi connectivity index (χ0) is 24.1. The van der Waals surface area contributed by atoms with Gasteiger partial charge in [-0.3, -0.25) is 4.79 Å². The number of aryl methyl sites for hydroxylation is 1. The molecule has 0 spiro atoms. The van der Waals surface area contributed by atoms with Crippen molar-refractivity contribution in [3.8, 4) is 5.75 Å². The molecule has 0 saturated heterocycles. The van der Waals surface area contributed by atoms with Gasteiger partial charge in [0, 0.05) is 57.3 Å². The van der Waals surface area contributed by atoms with Gasteiger partial charge in [-0.05, 0) is 54.3 Å². The van der Waals surface area contributed by atoms with Crippen molar-refractivity contribution in [2.75, 3.05) is 38.7 Å². The predicted octanol–water partition coefficient (Wildman–Crippen LogP) is 3.90. The molecular formula is C24H27N3O5S. The minimum atomic E-state index is -0.511. The second kappa shape index (κ2) is 10.4. The Morgan fingerprint density at radius 1 is 1.06 bits per heavy atom. The van der Waals surface area contributed by atoms with E-state index in [0.29, 0.717) is 29.1 Å². The van der Waals surface area contributed by atoms with Gasteiger partial charge in [0.15, 0.2) is 0 Å². The van der Waals surface area contributed by atoms with Crippen molar-refractivity contribution in [2.24, 2.45) is 0 Å². The van der Waals surface area contributed by atoms with Crippen LogP contribution >= 0.6 is 11.9 Å². The van der Waals surface area contributed by atoms with E-state index >= 15 is 0 Å². The Morgan fingerprint density at radius 3 is 2.52 bits per heavy atom. The van der Waals surface area contributed by atoms with E-state index in [-0.39, 0.29) is 5.91 Å². The van der Waals surface area contributed by atoms with Crippen molar-refractivity contribution in [1.82, 2.24) is 9.80 Å². The summed E-state index contributed by atoms with van der Waals surface area (Å²) in [5.74, 6) is 0.643. The van der Waals surface area contributed by atoms with Crippen LogP contribution in [-0.2, 0) is 11.2 Å². The molecular weight excluding hydrogens is 442 g/mol. The first kappa shape index (κ1) is 24.2. The second-order valence-corrected chi connectivity index (χ2v) is 8.75. The SMILES string of the molecule is Cc1c(Cc2cccc(NSCC(=O)N(C)C)c2)c(=O)oc2cc(OC(=O)N(C)C)ccc12. The van der Waals surface area contributed by atoms with Crippen LogP contribution in [-0.4, -0.2) is 55.7 Å². The highest BCUT2D eigenvalue weighted by atomic mass is 32.2. The number of hydrogen-bond acceptors (Lipinski definition) is 7. The van der Waals surface area contributed by atoms with Gasteiger partial charge in [0.25, 0.3) is 0 Å². The molecule has 2 amide bonds. The topological polar surface area (TPSA) is 92.1 Å². The maximum absolute atomic E-state index is 12.8. The quantitative estimate of drug-likeness (QED) is 0.414. The second-order valence-electron chi connectivity index (χ2n) is 7.97. The van der Waals surface area contributed by atoms with Gasteiger partial charge in [-0.25, -0.2) is 9.59 Å². The standard InChI is InChI=1S/C24H27N3O5S/c1-15-19-10-9-18(31-24(30)27(4)5)13-21(19)32-23(29)20(15)12-16-7-6-8-17(11-16)25-33-14-22(28)26(2)3/h6-11,13,25H,12,14H2,1-5H3. The Kier molecular flexibility index (Phi) is 7.65. The molecule has 0 aliphatic heterocycles. The van der Waals surface area contributed by atoms with Crippen molar-refractivity contribution < 1.29 is 18.7 Å². The molecule has 174 valence electrons. The smallest absolute Gasteiger partial charge is 0.414 e. The molecule has 1 aromatic heterocycles. The van der Waals surface area contributed by atoms with Crippen LogP contribution in [0.15, 0.2) is 51.7 Å². The fourth-order valence-corrected chi connectivity index (χ4v) is 3.84. The lowest BCUT2D eigenvalue weighted by atomic mass is 9.99. The molecule has 3 rings (SSSR count). The molecule has 8 nitrogen and oxygen atoms in total. The summed E-state index contributed by atoms with van der Waals surface area (Å²) in [7, 11) is 6.62. The zero-order valence-corrected chi connectivity index (χ0v) is 20.1. The molecule has 1 N–H and O–H groups in total. The number of amides is 2. The van der Waals surface area contributed by atoms with Crippen molar-refractivity contribution >= 4 is 40.6 Å². The van der Waals surface area contributed by atoms with Crippen molar-refractivity contribution in [3.63, 3.8) is 0 Å². The Balaban J connectivity index is 1.80. The summed E-state index contributed by atoms with van der Waals surface area (Å²) in [6.45, 7) is 1.88. The maximum atomic E-state index is 12.8. The van der Waals surface area contributed by atoms with E-state index in [9.17, 15) is 14.4 Å². The molecule has 0 unspecified atom stereocenters. The van der Waals surface area contributed by atoms with Gasteiger partial charge in [0.05, 0.1) is 5.75 Å². The van der Waals surface area contributed by atoms with E-state index in [4.69, 9.17) is 9.15 Å². The molecule has 33 heavy (non-hydrogen) atoms. The summed E-state index contributed by atoms with van der Waals surface area (Å²) in [5.41, 5.74) is 3.09. The van der Waals surface area contributed by atoms with Gasteiger partial charge in [-0.1, -0.05) is 12.1 Å². The summed E-state index contributed by atoms with van der Waals surface area (Å²) in [6, 6.07) is 12.7.